The molecule has 0 aliphatic carbocycles. The summed E-state index contributed by atoms with van der Waals surface area (Å²) >= 11 is 5.37. The average Bonchev–Trinajstić information content (AvgIpc) is 2.87. The monoisotopic (exact) mass is 301 g/mol. The fraction of sp³-hybridized carbons (Fsp3) is 0. The Kier molecular flexibility index (Phi) is 1.90. The summed E-state index contributed by atoms with van der Waals surface area (Å²) in [4.78, 5) is 3.32. The normalized spacial score (nSPS) is 11.8. The predicted molar refractivity (Wildman–Crippen MR) is 78.9 cm³/mol. The number of benzene rings is 2. The summed E-state index contributed by atoms with van der Waals surface area (Å²) < 4.78 is 3.80. The maximum Gasteiger partial charge on any atom is 0.0643 e. The maximum atomic E-state index is 3.52. The van der Waals surface area contributed by atoms with E-state index < -0.39 is 0 Å². The van der Waals surface area contributed by atoms with Crippen molar-refractivity contribution in [2.75, 3.05) is 0 Å². The molecule has 2 aromatic heterocycles. The van der Waals surface area contributed by atoms with Gasteiger partial charge in [-0.15, -0.1) is 11.3 Å². The third kappa shape index (κ3) is 1.36. The molecule has 3 heteroatoms. The second-order valence-electron chi connectivity index (χ2n) is 4.16. The Bertz CT molecular complexity index is 856. The van der Waals surface area contributed by atoms with E-state index in [2.05, 4.69) is 57.3 Å². The van der Waals surface area contributed by atoms with Gasteiger partial charge in [0.05, 0.1) is 10.2 Å². The molecule has 0 fully saturated rings. The first-order chi connectivity index (χ1) is 8.31. The van der Waals surface area contributed by atoms with Crippen LogP contribution >= 0.6 is 27.3 Å². The van der Waals surface area contributed by atoms with Gasteiger partial charge in [-0.3, -0.25) is 0 Å². The van der Waals surface area contributed by atoms with Crippen LogP contribution in [-0.4, -0.2) is 4.98 Å². The lowest BCUT2D eigenvalue weighted by Gasteiger charge is -1.99. The molecule has 2 heterocycles. The van der Waals surface area contributed by atoms with E-state index in [-0.39, 0.29) is 0 Å². The number of aromatic amines is 1. The van der Waals surface area contributed by atoms with Crippen molar-refractivity contribution >= 4 is 58.3 Å². The van der Waals surface area contributed by atoms with Crippen LogP contribution in [0.1, 0.15) is 0 Å². The second-order valence-corrected chi connectivity index (χ2v) is 6.16. The molecule has 0 saturated heterocycles. The fourth-order valence-electron chi connectivity index (χ4n) is 2.30. The van der Waals surface area contributed by atoms with Crippen molar-refractivity contribution in [3.63, 3.8) is 0 Å². The third-order valence-electron chi connectivity index (χ3n) is 3.10. The highest BCUT2D eigenvalue weighted by atomic mass is 79.9. The van der Waals surface area contributed by atoms with Gasteiger partial charge in [-0.2, -0.15) is 0 Å². The summed E-state index contributed by atoms with van der Waals surface area (Å²) in [6, 6.07) is 13.1. The minimum absolute atomic E-state index is 1.13. The second kappa shape index (κ2) is 3.34. The molecule has 0 aliphatic rings. The van der Waals surface area contributed by atoms with Gasteiger partial charge in [-0.25, -0.2) is 0 Å². The van der Waals surface area contributed by atoms with E-state index in [0.717, 1.165) is 4.47 Å². The molecular weight excluding hydrogens is 294 g/mol. The van der Waals surface area contributed by atoms with Crippen LogP contribution in [0.15, 0.2) is 47.1 Å². The predicted octanol–water partition coefficient (Wildman–Crippen LogP) is 5.30. The molecule has 0 aliphatic heterocycles. The van der Waals surface area contributed by atoms with Crippen LogP contribution in [0.4, 0.5) is 0 Å². The number of thiophene rings is 1. The molecule has 0 saturated carbocycles. The number of nitrogens with one attached hydrogen (secondary N) is 1. The van der Waals surface area contributed by atoms with E-state index in [1.807, 2.05) is 17.5 Å². The van der Waals surface area contributed by atoms with Crippen LogP contribution in [0.3, 0.4) is 0 Å². The zero-order valence-corrected chi connectivity index (χ0v) is 11.2. The zero-order chi connectivity index (χ0) is 11.4. The quantitative estimate of drug-likeness (QED) is 0.454. The topological polar surface area (TPSA) is 15.8 Å². The van der Waals surface area contributed by atoms with Crippen molar-refractivity contribution in [3.05, 3.63) is 47.1 Å². The third-order valence-corrected chi connectivity index (χ3v) is 4.71. The van der Waals surface area contributed by atoms with Crippen molar-refractivity contribution in [2.24, 2.45) is 0 Å². The lowest BCUT2D eigenvalue weighted by molar-refractivity contribution is 1.49. The Morgan fingerprint density at radius 3 is 2.82 bits per heavy atom. The Morgan fingerprint density at radius 2 is 1.88 bits per heavy atom. The van der Waals surface area contributed by atoms with Crippen molar-refractivity contribution in [2.45, 2.75) is 0 Å². The first kappa shape index (κ1) is 9.68. The Balaban J connectivity index is 2.25. The molecule has 2 aromatic carbocycles. The minimum atomic E-state index is 1.13. The van der Waals surface area contributed by atoms with E-state index >= 15 is 0 Å². The maximum absolute atomic E-state index is 3.52. The SMILES string of the molecule is Brc1ccc2cc3sc4cc[nH]c4c3cc2c1. The van der Waals surface area contributed by atoms with Crippen molar-refractivity contribution in [1.29, 1.82) is 0 Å². The first-order valence-corrected chi connectivity index (χ1v) is 7.01. The standard InChI is InChI=1S/C14H8BrNS/c15-10-2-1-8-7-13-11(6-9(8)5-10)14-12(17-13)3-4-16-14/h1-7,16H. The van der Waals surface area contributed by atoms with Crippen molar-refractivity contribution in [1.82, 2.24) is 4.98 Å². The van der Waals surface area contributed by atoms with Gasteiger partial charge in [0.25, 0.3) is 0 Å². The Labute approximate surface area is 110 Å². The molecule has 17 heavy (non-hydrogen) atoms. The molecule has 0 amide bonds. The number of hydrogen-bond acceptors (Lipinski definition) is 1. The van der Waals surface area contributed by atoms with Gasteiger partial charge < -0.3 is 4.98 Å². The molecule has 0 bridgehead atoms. The van der Waals surface area contributed by atoms with Gasteiger partial charge in [0.15, 0.2) is 0 Å². The molecule has 82 valence electrons. The highest BCUT2D eigenvalue weighted by Gasteiger charge is 2.07. The molecule has 1 nitrogen and oxygen atoms in total. The van der Waals surface area contributed by atoms with Crippen LogP contribution in [0, 0.1) is 0 Å². The number of hydrogen-bond donors (Lipinski definition) is 1. The van der Waals surface area contributed by atoms with Gasteiger partial charge in [-0.1, -0.05) is 22.0 Å². The van der Waals surface area contributed by atoms with Gasteiger partial charge in [0.2, 0.25) is 0 Å². The van der Waals surface area contributed by atoms with Gasteiger partial charge in [0, 0.05) is 20.8 Å². The minimum Gasteiger partial charge on any atom is -0.360 e. The van der Waals surface area contributed by atoms with E-state index in [0.29, 0.717) is 0 Å². The summed E-state index contributed by atoms with van der Waals surface area (Å²) in [5.74, 6) is 0. The van der Waals surface area contributed by atoms with Crippen LogP contribution in [0.25, 0.3) is 31.1 Å². The average molecular weight is 302 g/mol. The zero-order valence-electron chi connectivity index (χ0n) is 8.83. The van der Waals surface area contributed by atoms with Crippen molar-refractivity contribution in [3.8, 4) is 0 Å². The smallest absolute Gasteiger partial charge is 0.0643 e. The number of fused-ring (bicyclic) bond motifs is 4. The summed E-state index contributed by atoms with van der Waals surface area (Å²) in [6.07, 6.45) is 2.01. The van der Waals surface area contributed by atoms with Crippen LogP contribution in [0.5, 0.6) is 0 Å². The van der Waals surface area contributed by atoms with Crippen LogP contribution < -0.4 is 0 Å². The van der Waals surface area contributed by atoms with E-state index in [1.165, 1.54) is 31.1 Å². The number of aromatic nitrogens is 1. The van der Waals surface area contributed by atoms with Crippen LogP contribution in [-0.2, 0) is 0 Å². The highest BCUT2D eigenvalue weighted by Crippen LogP contribution is 2.36. The molecule has 4 aromatic rings. The number of halogens is 1. The largest absolute Gasteiger partial charge is 0.360 e. The molecule has 4 rings (SSSR count). The molecular formula is C14H8BrNS. The summed E-state index contributed by atoms with van der Waals surface area (Å²) in [7, 11) is 0. The van der Waals surface area contributed by atoms with Crippen molar-refractivity contribution < 1.29 is 0 Å². The summed E-state index contributed by atoms with van der Waals surface area (Å²) in [5, 5.41) is 3.89. The van der Waals surface area contributed by atoms with E-state index in [1.54, 1.807) is 0 Å². The molecule has 0 spiro atoms. The molecule has 0 radical (unpaired) electrons. The number of rotatable bonds is 0. The fourth-order valence-corrected chi connectivity index (χ4v) is 3.78. The molecule has 0 unspecified atom stereocenters. The first-order valence-electron chi connectivity index (χ1n) is 5.40. The summed E-state index contributed by atoms with van der Waals surface area (Å²) in [5.41, 5.74) is 1.26. The lowest BCUT2D eigenvalue weighted by Crippen LogP contribution is -1.73. The van der Waals surface area contributed by atoms with Gasteiger partial charge in [0.1, 0.15) is 0 Å². The number of H-pyrrole nitrogens is 1. The highest BCUT2D eigenvalue weighted by molar-refractivity contribution is 9.10. The van der Waals surface area contributed by atoms with Gasteiger partial charge in [-0.05, 0) is 41.1 Å². The summed E-state index contributed by atoms with van der Waals surface area (Å²) in [6.45, 7) is 0. The van der Waals surface area contributed by atoms with Gasteiger partial charge >= 0.3 is 0 Å². The van der Waals surface area contributed by atoms with E-state index in [9.17, 15) is 0 Å². The van der Waals surface area contributed by atoms with Crippen LogP contribution in [0.2, 0.25) is 0 Å². The Morgan fingerprint density at radius 1 is 0.941 bits per heavy atom. The molecule has 1 N–H and O–H groups in total. The Hall–Kier alpha value is -1.32. The van der Waals surface area contributed by atoms with E-state index in [4.69, 9.17) is 0 Å². The molecule has 0 atom stereocenters. The lowest BCUT2D eigenvalue weighted by atomic mass is 10.1.